The fourth-order valence-corrected chi connectivity index (χ4v) is 3.67. The highest BCUT2D eigenvalue weighted by Crippen LogP contribution is 2.38. The van der Waals surface area contributed by atoms with Crippen LogP contribution in [0.4, 0.5) is 0 Å². The van der Waals surface area contributed by atoms with Crippen LogP contribution < -0.4 is 5.46 Å². The molecule has 26 heavy (non-hydrogen) atoms. The highest BCUT2D eigenvalue weighted by molar-refractivity contribution is 6.62. The molecule has 0 saturated carbocycles. The molecule has 2 aromatic rings. The molecule has 3 rings (SSSR count). The zero-order valence-electron chi connectivity index (χ0n) is 18.0. The lowest BCUT2D eigenvalue weighted by atomic mass is 9.75. The van der Waals surface area contributed by atoms with Crippen molar-refractivity contribution < 1.29 is 9.31 Å². The van der Waals surface area contributed by atoms with Crippen LogP contribution in [-0.2, 0) is 14.7 Å². The number of aryl methyl sites for hydroxylation is 1. The van der Waals surface area contributed by atoms with Crippen LogP contribution in [0.3, 0.4) is 0 Å². The Morgan fingerprint density at radius 3 is 2.04 bits per heavy atom. The topological polar surface area (TPSA) is 36.3 Å². The fourth-order valence-electron chi connectivity index (χ4n) is 3.67. The first-order valence-electron chi connectivity index (χ1n) is 9.63. The molecule has 0 N–H and O–H groups in total. The van der Waals surface area contributed by atoms with Crippen molar-refractivity contribution in [3.63, 3.8) is 0 Å². The van der Waals surface area contributed by atoms with E-state index in [4.69, 9.17) is 14.3 Å². The van der Waals surface area contributed by atoms with Crippen LogP contribution in [0.25, 0.3) is 11.0 Å². The van der Waals surface area contributed by atoms with Crippen molar-refractivity contribution >= 4 is 23.6 Å². The molecule has 4 nitrogen and oxygen atoms in total. The molecule has 0 aliphatic carbocycles. The molecule has 1 aromatic carbocycles. The Balaban J connectivity index is 2.23. The van der Waals surface area contributed by atoms with Gasteiger partial charge in [0.1, 0.15) is 5.82 Å². The summed E-state index contributed by atoms with van der Waals surface area (Å²) < 4.78 is 14.9. The summed E-state index contributed by atoms with van der Waals surface area (Å²) in [5.74, 6) is 1.05. The minimum atomic E-state index is -0.360. The van der Waals surface area contributed by atoms with E-state index in [1.807, 2.05) is 0 Å². The van der Waals surface area contributed by atoms with Gasteiger partial charge in [0.05, 0.1) is 22.2 Å². The van der Waals surface area contributed by atoms with E-state index in [-0.39, 0.29) is 23.7 Å². The zero-order chi connectivity index (χ0) is 19.7. The number of nitrogens with zero attached hydrogens (tertiary/aromatic N) is 2. The smallest absolute Gasteiger partial charge is 0.399 e. The number of rotatable bonds is 2. The summed E-state index contributed by atoms with van der Waals surface area (Å²) in [4.78, 5) is 4.91. The normalized spacial score (nSPS) is 19.7. The molecule has 1 aliphatic heterocycles. The molecule has 2 heterocycles. The van der Waals surface area contributed by atoms with Crippen LogP contribution in [-0.4, -0.2) is 27.9 Å². The third-order valence-corrected chi connectivity index (χ3v) is 5.84. The number of benzene rings is 1. The van der Waals surface area contributed by atoms with Gasteiger partial charge in [0, 0.05) is 6.04 Å². The third-order valence-electron chi connectivity index (χ3n) is 5.84. The second-order valence-corrected chi connectivity index (χ2v) is 9.90. The predicted octanol–water partition coefficient (Wildman–Crippen LogP) is 4.52. The van der Waals surface area contributed by atoms with Crippen molar-refractivity contribution in [2.45, 2.75) is 91.9 Å². The van der Waals surface area contributed by atoms with Gasteiger partial charge in [-0.25, -0.2) is 4.98 Å². The van der Waals surface area contributed by atoms with Gasteiger partial charge in [-0.3, -0.25) is 0 Å². The minimum Gasteiger partial charge on any atom is -0.399 e. The van der Waals surface area contributed by atoms with Crippen molar-refractivity contribution in [3.8, 4) is 0 Å². The van der Waals surface area contributed by atoms with Gasteiger partial charge in [0.25, 0.3) is 0 Å². The van der Waals surface area contributed by atoms with E-state index in [0.717, 1.165) is 22.3 Å². The van der Waals surface area contributed by atoms with Crippen molar-refractivity contribution in [1.29, 1.82) is 0 Å². The van der Waals surface area contributed by atoms with Gasteiger partial charge in [0.15, 0.2) is 0 Å². The molecule has 1 aromatic heterocycles. The molecule has 5 heteroatoms. The van der Waals surface area contributed by atoms with Crippen LogP contribution in [0, 0.1) is 6.92 Å². The summed E-state index contributed by atoms with van der Waals surface area (Å²) in [6.07, 6.45) is 0. The van der Waals surface area contributed by atoms with Gasteiger partial charge in [-0.15, -0.1) is 0 Å². The van der Waals surface area contributed by atoms with E-state index in [1.165, 1.54) is 5.56 Å². The molecule has 1 aliphatic rings. The first-order chi connectivity index (χ1) is 11.7. The Kier molecular flexibility index (Phi) is 4.36. The first kappa shape index (κ1) is 19.4. The minimum absolute atomic E-state index is 0.0134. The second-order valence-electron chi connectivity index (χ2n) is 9.90. The van der Waals surface area contributed by atoms with E-state index in [9.17, 15) is 0 Å². The summed E-state index contributed by atoms with van der Waals surface area (Å²) in [5, 5.41) is 0. The van der Waals surface area contributed by atoms with E-state index >= 15 is 0 Å². The summed E-state index contributed by atoms with van der Waals surface area (Å²) in [5.41, 5.74) is 3.86. The van der Waals surface area contributed by atoms with Crippen molar-refractivity contribution in [2.24, 2.45) is 0 Å². The average molecular weight is 356 g/mol. The van der Waals surface area contributed by atoms with Gasteiger partial charge in [-0.1, -0.05) is 26.8 Å². The summed E-state index contributed by atoms with van der Waals surface area (Å²) in [6, 6.07) is 4.77. The molecule has 0 unspecified atom stereocenters. The van der Waals surface area contributed by atoms with Crippen LogP contribution in [0.5, 0.6) is 0 Å². The fraction of sp³-hybridized carbons (Fsp3) is 0.667. The second kappa shape index (κ2) is 5.83. The molecule has 1 fully saturated rings. The highest BCUT2D eigenvalue weighted by Gasteiger charge is 2.52. The quantitative estimate of drug-likeness (QED) is 0.742. The highest BCUT2D eigenvalue weighted by atomic mass is 16.7. The lowest BCUT2D eigenvalue weighted by Gasteiger charge is -2.32. The summed E-state index contributed by atoms with van der Waals surface area (Å²) >= 11 is 0. The molecule has 1 saturated heterocycles. The SMILES string of the molecule is Cc1nc2c(C(C)(C)C)cc(B3OC(C)(C)C(C)(C)O3)cc2n1C(C)C. The van der Waals surface area contributed by atoms with Gasteiger partial charge in [-0.05, 0) is 71.0 Å². The van der Waals surface area contributed by atoms with Crippen LogP contribution >= 0.6 is 0 Å². The maximum absolute atomic E-state index is 6.32. The largest absolute Gasteiger partial charge is 0.494 e. The molecular weight excluding hydrogens is 323 g/mol. The average Bonchev–Trinajstić information content (AvgIpc) is 2.89. The van der Waals surface area contributed by atoms with Gasteiger partial charge < -0.3 is 13.9 Å². The monoisotopic (exact) mass is 356 g/mol. The maximum atomic E-state index is 6.32. The van der Waals surface area contributed by atoms with Crippen LogP contribution in [0.15, 0.2) is 12.1 Å². The van der Waals surface area contributed by atoms with Gasteiger partial charge >= 0.3 is 7.12 Å². The number of imidazole rings is 1. The Morgan fingerprint density at radius 1 is 1.04 bits per heavy atom. The molecular formula is C21H33BN2O2. The molecule has 0 bridgehead atoms. The van der Waals surface area contributed by atoms with Gasteiger partial charge in [-0.2, -0.15) is 0 Å². The number of hydrogen-bond donors (Lipinski definition) is 0. The van der Waals surface area contributed by atoms with Crippen LogP contribution in [0.1, 0.15) is 79.7 Å². The summed E-state index contributed by atoms with van der Waals surface area (Å²) in [7, 11) is -0.360. The Hall–Kier alpha value is -1.33. The molecule has 0 radical (unpaired) electrons. The molecule has 0 amide bonds. The van der Waals surface area contributed by atoms with E-state index in [1.54, 1.807) is 0 Å². The number of hydrogen-bond acceptors (Lipinski definition) is 3. The number of aromatic nitrogens is 2. The lowest BCUT2D eigenvalue weighted by Crippen LogP contribution is -2.41. The van der Waals surface area contributed by atoms with Crippen molar-refractivity contribution in [3.05, 3.63) is 23.5 Å². The third kappa shape index (κ3) is 2.99. The van der Waals surface area contributed by atoms with Crippen molar-refractivity contribution in [1.82, 2.24) is 9.55 Å². The predicted molar refractivity (Wildman–Crippen MR) is 109 cm³/mol. The van der Waals surface area contributed by atoms with E-state index < -0.39 is 0 Å². The molecule has 0 spiro atoms. The Morgan fingerprint density at radius 2 is 1.58 bits per heavy atom. The molecule has 142 valence electrons. The van der Waals surface area contributed by atoms with Crippen LogP contribution in [0.2, 0.25) is 0 Å². The maximum Gasteiger partial charge on any atom is 0.494 e. The zero-order valence-corrected chi connectivity index (χ0v) is 18.0. The van der Waals surface area contributed by atoms with E-state index in [0.29, 0.717) is 6.04 Å². The lowest BCUT2D eigenvalue weighted by molar-refractivity contribution is 0.00578. The standard InChI is InChI=1S/C21H33BN2O2/c1-13(2)24-14(3)23-18-16(19(4,5)6)11-15(12-17(18)24)22-25-20(7,8)21(9,10)26-22/h11-13H,1-10H3. The first-order valence-corrected chi connectivity index (χ1v) is 9.63. The van der Waals surface area contributed by atoms with Crippen molar-refractivity contribution in [2.75, 3.05) is 0 Å². The van der Waals surface area contributed by atoms with Gasteiger partial charge in [0.2, 0.25) is 0 Å². The number of fused-ring (bicyclic) bond motifs is 1. The molecule has 0 atom stereocenters. The van der Waals surface area contributed by atoms with E-state index in [2.05, 4.69) is 85.9 Å². The summed E-state index contributed by atoms with van der Waals surface area (Å²) in [6.45, 7) is 21.6. The Labute approximate surface area is 158 Å². The Bertz CT molecular complexity index is 828.